The molecule has 0 saturated carbocycles. The van der Waals surface area contributed by atoms with Gasteiger partial charge in [-0.25, -0.2) is 8.42 Å². The molecule has 0 saturated heterocycles. The molecule has 2 amide bonds. The van der Waals surface area contributed by atoms with E-state index in [9.17, 15) is 18.0 Å². The summed E-state index contributed by atoms with van der Waals surface area (Å²) in [6.45, 7) is 3.53. The van der Waals surface area contributed by atoms with Gasteiger partial charge in [-0.2, -0.15) is 0 Å². The third-order valence-electron chi connectivity index (χ3n) is 4.85. The van der Waals surface area contributed by atoms with Crippen molar-refractivity contribution in [3.63, 3.8) is 0 Å². The monoisotopic (exact) mass is 533 g/mol. The van der Waals surface area contributed by atoms with Crippen molar-refractivity contribution >= 4 is 62.3 Å². The topological polar surface area (TPSA) is 86.8 Å². The molecule has 7 nitrogen and oxygen atoms in total. The fraction of sp³-hybridized carbons (Fsp3) is 0.364. The van der Waals surface area contributed by atoms with Gasteiger partial charge in [-0.05, 0) is 31.0 Å². The molecule has 1 N–H and O–H groups in total. The molecular weight excluding hydrogens is 509 g/mol. The molecule has 11 heteroatoms. The minimum Gasteiger partial charge on any atom is -0.354 e. The van der Waals surface area contributed by atoms with E-state index in [4.69, 9.17) is 34.8 Å². The minimum absolute atomic E-state index is 0.0182. The number of hydrogen-bond acceptors (Lipinski definition) is 4. The van der Waals surface area contributed by atoms with Crippen LogP contribution in [0.1, 0.15) is 25.8 Å². The van der Waals surface area contributed by atoms with Gasteiger partial charge in [0.15, 0.2) is 0 Å². The smallest absolute Gasteiger partial charge is 0.244 e. The van der Waals surface area contributed by atoms with Crippen LogP contribution in [0.3, 0.4) is 0 Å². The van der Waals surface area contributed by atoms with Crippen LogP contribution in [0.4, 0.5) is 5.69 Å². The molecule has 0 aliphatic heterocycles. The second-order valence-corrected chi connectivity index (χ2v) is 10.6. The predicted molar refractivity (Wildman–Crippen MR) is 133 cm³/mol. The summed E-state index contributed by atoms with van der Waals surface area (Å²) >= 11 is 18.3. The number of carbonyl (C=O) groups is 2. The average Bonchev–Trinajstić information content (AvgIpc) is 2.76. The molecule has 0 aliphatic rings. The molecular formula is C22H26Cl3N3O4S. The number of amides is 2. The summed E-state index contributed by atoms with van der Waals surface area (Å²) in [4.78, 5) is 27.4. The van der Waals surface area contributed by atoms with E-state index in [1.54, 1.807) is 6.92 Å². The fourth-order valence-corrected chi connectivity index (χ4v) is 4.60. The molecule has 33 heavy (non-hydrogen) atoms. The summed E-state index contributed by atoms with van der Waals surface area (Å²) < 4.78 is 26.0. The summed E-state index contributed by atoms with van der Waals surface area (Å²) in [6.07, 6.45) is 1.70. The highest BCUT2D eigenvalue weighted by molar-refractivity contribution is 7.92. The Hall–Kier alpha value is -2.00. The largest absolute Gasteiger partial charge is 0.354 e. The Morgan fingerprint density at radius 1 is 1.03 bits per heavy atom. The van der Waals surface area contributed by atoms with Crippen LogP contribution in [-0.4, -0.2) is 50.5 Å². The molecule has 2 aromatic rings. The van der Waals surface area contributed by atoms with Gasteiger partial charge in [-0.1, -0.05) is 72.1 Å². The maximum absolute atomic E-state index is 13.4. The summed E-state index contributed by atoms with van der Waals surface area (Å²) in [5.74, 6) is -0.912. The van der Waals surface area contributed by atoms with Crippen LogP contribution >= 0.6 is 34.8 Å². The van der Waals surface area contributed by atoms with Crippen molar-refractivity contribution in [2.45, 2.75) is 32.9 Å². The van der Waals surface area contributed by atoms with Gasteiger partial charge in [-0.15, -0.1) is 0 Å². The highest BCUT2D eigenvalue weighted by atomic mass is 35.5. The lowest BCUT2D eigenvalue weighted by atomic mass is 10.1. The van der Waals surface area contributed by atoms with E-state index in [1.807, 2.05) is 37.3 Å². The molecule has 0 radical (unpaired) electrons. The van der Waals surface area contributed by atoms with Gasteiger partial charge in [0.1, 0.15) is 12.6 Å². The van der Waals surface area contributed by atoms with E-state index in [-0.39, 0.29) is 33.2 Å². The van der Waals surface area contributed by atoms with Crippen LogP contribution in [0.2, 0.25) is 15.1 Å². The van der Waals surface area contributed by atoms with Gasteiger partial charge in [0, 0.05) is 13.1 Å². The number of halogens is 3. The zero-order valence-corrected chi connectivity index (χ0v) is 21.6. The molecule has 0 heterocycles. The van der Waals surface area contributed by atoms with Crippen molar-refractivity contribution in [1.82, 2.24) is 10.2 Å². The van der Waals surface area contributed by atoms with E-state index < -0.39 is 28.5 Å². The molecule has 0 aliphatic carbocycles. The number of sulfonamides is 1. The molecule has 0 fully saturated rings. The Bertz CT molecular complexity index is 1100. The van der Waals surface area contributed by atoms with Crippen LogP contribution in [0, 0.1) is 0 Å². The van der Waals surface area contributed by atoms with Crippen molar-refractivity contribution in [2.75, 3.05) is 23.7 Å². The highest BCUT2D eigenvalue weighted by Gasteiger charge is 2.31. The van der Waals surface area contributed by atoms with Crippen molar-refractivity contribution < 1.29 is 18.0 Å². The first-order chi connectivity index (χ1) is 15.5. The Balaban J connectivity index is 2.42. The van der Waals surface area contributed by atoms with Crippen LogP contribution in [0.15, 0.2) is 42.5 Å². The molecule has 180 valence electrons. The van der Waals surface area contributed by atoms with Crippen LogP contribution < -0.4 is 9.62 Å². The minimum atomic E-state index is -3.93. The van der Waals surface area contributed by atoms with E-state index in [1.165, 1.54) is 17.0 Å². The number of nitrogens with one attached hydrogen (secondary N) is 1. The zero-order valence-electron chi connectivity index (χ0n) is 18.5. The normalized spacial score (nSPS) is 12.2. The Morgan fingerprint density at radius 2 is 1.64 bits per heavy atom. The summed E-state index contributed by atoms with van der Waals surface area (Å²) in [7, 11) is -3.93. The lowest BCUT2D eigenvalue weighted by Crippen LogP contribution is -2.51. The summed E-state index contributed by atoms with van der Waals surface area (Å²) in [5.41, 5.74) is 0.809. The lowest BCUT2D eigenvalue weighted by molar-refractivity contribution is -0.139. The Labute approximate surface area is 209 Å². The first-order valence-electron chi connectivity index (χ1n) is 10.2. The first-order valence-corrected chi connectivity index (χ1v) is 13.2. The number of benzene rings is 2. The number of anilines is 1. The first kappa shape index (κ1) is 27.2. The number of rotatable bonds is 10. The summed E-state index contributed by atoms with van der Waals surface area (Å²) in [5, 5.41) is 3.03. The van der Waals surface area contributed by atoms with E-state index in [2.05, 4.69) is 5.32 Å². The highest BCUT2D eigenvalue weighted by Crippen LogP contribution is 2.35. The number of hydrogen-bond donors (Lipinski definition) is 1. The van der Waals surface area contributed by atoms with Gasteiger partial charge in [0.25, 0.3) is 0 Å². The van der Waals surface area contributed by atoms with Crippen LogP contribution in [0.25, 0.3) is 0 Å². The molecule has 0 spiro atoms. The van der Waals surface area contributed by atoms with Gasteiger partial charge in [0.05, 0.1) is 27.0 Å². The third kappa shape index (κ3) is 7.50. The Morgan fingerprint density at radius 3 is 2.21 bits per heavy atom. The SMILES string of the molecule is CCCNC(=O)C(C)N(Cc1ccccc1)C(=O)CN(c1cc(Cl)c(Cl)cc1Cl)S(C)(=O)=O. The zero-order chi connectivity index (χ0) is 24.8. The van der Waals surface area contributed by atoms with Crippen LogP contribution in [0.5, 0.6) is 0 Å². The van der Waals surface area contributed by atoms with E-state index >= 15 is 0 Å². The molecule has 0 aromatic heterocycles. The quantitative estimate of drug-likeness (QED) is 0.459. The average molecular weight is 535 g/mol. The molecule has 1 atom stereocenters. The predicted octanol–water partition coefficient (Wildman–Crippen LogP) is 4.36. The molecule has 2 rings (SSSR count). The summed E-state index contributed by atoms with van der Waals surface area (Å²) in [6, 6.07) is 10.9. The maximum Gasteiger partial charge on any atom is 0.244 e. The van der Waals surface area contributed by atoms with Crippen LogP contribution in [-0.2, 0) is 26.2 Å². The second-order valence-electron chi connectivity index (χ2n) is 7.46. The number of nitrogens with zero attached hydrogens (tertiary/aromatic N) is 2. The van der Waals surface area contributed by atoms with Crippen molar-refractivity contribution in [3.8, 4) is 0 Å². The lowest BCUT2D eigenvalue weighted by Gasteiger charge is -2.31. The number of carbonyl (C=O) groups excluding carboxylic acids is 2. The van der Waals surface area contributed by atoms with Gasteiger partial charge in [0.2, 0.25) is 21.8 Å². The van der Waals surface area contributed by atoms with Gasteiger partial charge >= 0.3 is 0 Å². The third-order valence-corrected chi connectivity index (χ3v) is 7.00. The Kier molecular flexibility index (Phi) is 9.84. The second kappa shape index (κ2) is 11.9. The van der Waals surface area contributed by atoms with E-state index in [0.717, 1.165) is 22.5 Å². The van der Waals surface area contributed by atoms with E-state index in [0.29, 0.717) is 6.54 Å². The molecule has 1 unspecified atom stereocenters. The van der Waals surface area contributed by atoms with Crippen molar-refractivity contribution in [1.29, 1.82) is 0 Å². The molecule has 0 bridgehead atoms. The standard InChI is InChI=1S/C22H26Cl3N3O4S/c1-4-10-26-22(30)15(2)27(13-16-8-6-5-7-9-16)21(29)14-28(33(3,31)32)20-12-18(24)17(23)11-19(20)25/h5-9,11-12,15H,4,10,13-14H2,1-3H3,(H,26,30). The van der Waals surface area contributed by atoms with Crippen molar-refractivity contribution in [2.24, 2.45) is 0 Å². The van der Waals surface area contributed by atoms with Gasteiger partial charge < -0.3 is 10.2 Å². The van der Waals surface area contributed by atoms with Gasteiger partial charge in [-0.3, -0.25) is 13.9 Å². The fourth-order valence-electron chi connectivity index (χ4n) is 3.06. The molecule has 2 aromatic carbocycles. The van der Waals surface area contributed by atoms with Crippen molar-refractivity contribution in [3.05, 3.63) is 63.1 Å². The maximum atomic E-state index is 13.4.